The lowest BCUT2D eigenvalue weighted by Gasteiger charge is -2.32. The molecule has 9 heteroatoms. The lowest BCUT2D eigenvalue weighted by atomic mass is 10.1. The average molecular weight is 601 g/mol. The van der Waals surface area contributed by atoms with Crippen molar-refractivity contribution in [3.05, 3.63) is 94.0 Å². The van der Waals surface area contributed by atoms with Crippen LogP contribution in [0.1, 0.15) is 37.0 Å². The third-order valence-corrected chi connectivity index (χ3v) is 8.63. The van der Waals surface area contributed by atoms with Crippen LogP contribution in [0, 0.1) is 13.8 Å². The number of nitrogens with one attached hydrogen (secondary N) is 1. The Labute approximate surface area is 234 Å². The highest BCUT2D eigenvalue weighted by Gasteiger charge is 2.32. The molecule has 0 spiro atoms. The van der Waals surface area contributed by atoms with Crippen LogP contribution >= 0.6 is 15.9 Å². The molecule has 1 unspecified atom stereocenters. The van der Waals surface area contributed by atoms with Crippen LogP contribution in [0.25, 0.3) is 0 Å². The SMILES string of the molecule is CCCNC(=O)C(C)N(Cc1cccc(Br)c1)C(=O)CN(c1ccc(C)c(C)c1)S(=O)(=O)c1ccccc1. The molecule has 2 amide bonds. The summed E-state index contributed by atoms with van der Waals surface area (Å²) in [4.78, 5) is 28.3. The van der Waals surface area contributed by atoms with Gasteiger partial charge >= 0.3 is 0 Å². The van der Waals surface area contributed by atoms with Gasteiger partial charge in [0.15, 0.2) is 0 Å². The van der Waals surface area contributed by atoms with E-state index in [2.05, 4.69) is 21.2 Å². The van der Waals surface area contributed by atoms with Crippen LogP contribution in [0.3, 0.4) is 0 Å². The van der Waals surface area contributed by atoms with Crippen LogP contribution in [-0.4, -0.2) is 44.3 Å². The standard InChI is InChI=1S/C29H34BrN3O4S/c1-5-16-31-29(35)23(4)32(19-24-10-9-11-25(30)18-24)28(34)20-33(26-15-14-21(2)22(3)17-26)38(36,37)27-12-7-6-8-13-27/h6-15,17-18,23H,5,16,19-20H2,1-4H3,(H,31,35). The summed E-state index contributed by atoms with van der Waals surface area (Å²) in [6, 6.07) is 20.0. The van der Waals surface area contributed by atoms with E-state index >= 15 is 0 Å². The summed E-state index contributed by atoms with van der Waals surface area (Å²) in [5, 5.41) is 2.85. The second kappa shape index (κ2) is 13.1. The molecule has 0 radical (unpaired) electrons. The summed E-state index contributed by atoms with van der Waals surface area (Å²) in [7, 11) is -4.07. The Balaban J connectivity index is 2.03. The first-order valence-electron chi connectivity index (χ1n) is 12.5. The second-order valence-electron chi connectivity index (χ2n) is 9.21. The minimum Gasteiger partial charge on any atom is -0.354 e. The number of rotatable bonds is 11. The van der Waals surface area contributed by atoms with Gasteiger partial charge in [0.25, 0.3) is 10.0 Å². The molecule has 0 aliphatic rings. The first-order chi connectivity index (χ1) is 18.0. The van der Waals surface area contributed by atoms with Gasteiger partial charge in [-0.2, -0.15) is 0 Å². The van der Waals surface area contributed by atoms with Crippen LogP contribution in [0.15, 0.2) is 82.2 Å². The highest BCUT2D eigenvalue weighted by atomic mass is 79.9. The van der Waals surface area contributed by atoms with Crippen LogP contribution in [0.2, 0.25) is 0 Å². The van der Waals surface area contributed by atoms with Gasteiger partial charge in [-0.15, -0.1) is 0 Å². The fourth-order valence-electron chi connectivity index (χ4n) is 3.94. The van der Waals surface area contributed by atoms with Crippen molar-refractivity contribution in [2.45, 2.75) is 51.6 Å². The zero-order valence-corrected chi connectivity index (χ0v) is 24.6. The number of hydrogen-bond acceptors (Lipinski definition) is 4. The molecule has 38 heavy (non-hydrogen) atoms. The van der Waals surface area contributed by atoms with E-state index in [9.17, 15) is 18.0 Å². The largest absolute Gasteiger partial charge is 0.354 e. The minimum atomic E-state index is -4.07. The summed E-state index contributed by atoms with van der Waals surface area (Å²) in [5.74, 6) is -0.777. The highest BCUT2D eigenvalue weighted by Crippen LogP contribution is 2.26. The topological polar surface area (TPSA) is 86.8 Å². The van der Waals surface area contributed by atoms with Gasteiger partial charge < -0.3 is 10.2 Å². The van der Waals surface area contributed by atoms with E-state index in [0.717, 1.165) is 31.9 Å². The summed E-state index contributed by atoms with van der Waals surface area (Å²) < 4.78 is 29.6. The van der Waals surface area contributed by atoms with Crippen molar-refractivity contribution in [1.82, 2.24) is 10.2 Å². The fourth-order valence-corrected chi connectivity index (χ4v) is 5.81. The summed E-state index contributed by atoms with van der Waals surface area (Å²) in [6.07, 6.45) is 0.758. The number of aryl methyl sites for hydroxylation is 2. The summed E-state index contributed by atoms with van der Waals surface area (Å²) in [5.41, 5.74) is 3.11. The highest BCUT2D eigenvalue weighted by molar-refractivity contribution is 9.10. The normalized spacial score (nSPS) is 12.0. The number of amides is 2. The van der Waals surface area contributed by atoms with E-state index in [-0.39, 0.29) is 17.3 Å². The quantitative estimate of drug-likeness (QED) is 0.328. The third-order valence-electron chi connectivity index (χ3n) is 6.35. The first-order valence-corrected chi connectivity index (χ1v) is 14.7. The molecule has 3 rings (SSSR count). The second-order valence-corrected chi connectivity index (χ2v) is 12.0. The smallest absolute Gasteiger partial charge is 0.264 e. The van der Waals surface area contributed by atoms with Gasteiger partial charge in [-0.05, 0) is 80.3 Å². The Bertz CT molecular complexity index is 1380. The van der Waals surface area contributed by atoms with Crippen LogP contribution in [-0.2, 0) is 26.2 Å². The Hall–Kier alpha value is -3.17. The van der Waals surface area contributed by atoms with Crippen molar-refractivity contribution >= 4 is 43.5 Å². The molecule has 0 saturated heterocycles. The monoisotopic (exact) mass is 599 g/mol. The van der Waals surface area contributed by atoms with Gasteiger partial charge in [-0.1, -0.05) is 59.3 Å². The number of hydrogen-bond donors (Lipinski definition) is 1. The number of anilines is 1. The molecule has 0 aromatic heterocycles. The molecule has 0 aliphatic carbocycles. The summed E-state index contributed by atoms with van der Waals surface area (Å²) >= 11 is 3.45. The van der Waals surface area contributed by atoms with Gasteiger partial charge in [-0.25, -0.2) is 8.42 Å². The maximum atomic E-state index is 13.9. The first kappa shape index (κ1) is 29.4. The third kappa shape index (κ3) is 7.23. The number of benzene rings is 3. The Morgan fingerprint density at radius 2 is 1.66 bits per heavy atom. The van der Waals surface area contributed by atoms with Crippen molar-refractivity contribution in [1.29, 1.82) is 0 Å². The van der Waals surface area contributed by atoms with Gasteiger partial charge in [0.2, 0.25) is 11.8 Å². The minimum absolute atomic E-state index is 0.0818. The molecular weight excluding hydrogens is 566 g/mol. The molecule has 0 fully saturated rings. The molecule has 3 aromatic carbocycles. The molecule has 3 aromatic rings. The van der Waals surface area contributed by atoms with Crippen LogP contribution in [0.4, 0.5) is 5.69 Å². The zero-order chi connectivity index (χ0) is 27.9. The molecule has 7 nitrogen and oxygen atoms in total. The fraction of sp³-hybridized carbons (Fsp3) is 0.310. The lowest BCUT2D eigenvalue weighted by molar-refractivity contribution is -0.139. The number of carbonyl (C=O) groups is 2. The van der Waals surface area contributed by atoms with Crippen molar-refractivity contribution in [2.75, 3.05) is 17.4 Å². The molecule has 0 heterocycles. The van der Waals surface area contributed by atoms with Crippen LogP contribution < -0.4 is 9.62 Å². The van der Waals surface area contributed by atoms with E-state index in [1.807, 2.05) is 51.1 Å². The van der Waals surface area contributed by atoms with Gasteiger partial charge in [0.1, 0.15) is 12.6 Å². The molecule has 1 atom stereocenters. The Kier molecular flexibility index (Phi) is 10.1. The predicted octanol–water partition coefficient (Wildman–Crippen LogP) is 5.20. The summed E-state index contributed by atoms with van der Waals surface area (Å²) in [6.45, 7) is 7.62. The van der Waals surface area contributed by atoms with E-state index in [1.54, 1.807) is 37.3 Å². The lowest BCUT2D eigenvalue weighted by Crippen LogP contribution is -2.51. The molecule has 0 bridgehead atoms. The molecular formula is C29H34BrN3O4S. The van der Waals surface area contributed by atoms with Crippen molar-refractivity contribution in [3.63, 3.8) is 0 Å². The molecule has 0 saturated carbocycles. The van der Waals surface area contributed by atoms with E-state index in [0.29, 0.717) is 12.2 Å². The maximum Gasteiger partial charge on any atom is 0.264 e. The number of sulfonamides is 1. The van der Waals surface area contributed by atoms with Gasteiger partial charge in [-0.3, -0.25) is 13.9 Å². The average Bonchev–Trinajstić information content (AvgIpc) is 2.90. The number of nitrogens with zero attached hydrogens (tertiary/aromatic N) is 2. The van der Waals surface area contributed by atoms with Gasteiger partial charge in [0, 0.05) is 17.6 Å². The Morgan fingerprint density at radius 1 is 0.947 bits per heavy atom. The van der Waals surface area contributed by atoms with Crippen molar-refractivity contribution in [2.24, 2.45) is 0 Å². The van der Waals surface area contributed by atoms with E-state index in [1.165, 1.54) is 17.0 Å². The molecule has 0 aliphatic heterocycles. The molecule has 1 N–H and O–H groups in total. The molecule has 202 valence electrons. The zero-order valence-electron chi connectivity index (χ0n) is 22.1. The maximum absolute atomic E-state index is 13.9. The number of carbonyl (C=O) groups excluding carboxylic acids is 2. The van der Waals surface area contributed by atoms with Gasteiger partial charge in [0.05, 0.1) is 10.6 Å². The van der Waals surface area contributed by atoms with Crippen molar-refractivity contribution in [3.8, 4) is 0 Å². The van der Waals surface area contributed by atoms with Crippen LogP contribution in [0.5, 0.6) is 0 Å². The predicted molar refractivity (Wildman–Crippen MR) is 154 cm³/mol. The van der Waals surface area contributed by atoms with Crippen molar-refractivity contribution < 1.29 is 18.0 Å². The van der Waals surface area contributed by atoms with E-state index in [4.69, 9.17) is 0 Å². The van der Waals surface area contributed by atoms with E-state index < -0.39 is 28.5 Å². The Morgan fingerprint density at radius 3 is 2.29 bits per heavy atom. The number of halogens is 1.